The van der Waals surface area contributed by atoms with Crippen LogP contribution in [-0.2, 0) is 14.9 Å². The average Bonchev–Trinajstić information content (AvgIpc) is 2.46. The minimum Gasteiger partial charge on any atom is -0.493 e. The second-order valence-corrected chi connectivity index (χ2v) is 7.63. The first-order valence-electron chi connectivity index (χ1n) is 7.60. The molecule has 1 saturated heterocycles. The van der Waals surface area contributed by atoms with Crippen LogP contribution < -0.4 is 9.46 Å². The molecule has 0 spiro atoms. The molecule has 2 aliphatic heterocycles. The molecule has 3 atom stereocenters. The van der Waals surface area contributed by atoms with Gasteiger partial charge in [0.05, 0.1) is 24.9 Å². The van der Waals surface area contributed by atoms with Crippen molar-refractivity contribution in [1.29, 1.82) is 0 Å². The van der Waals surface area contributed by atoms with Gasteiger partial charge in [-0.05, 0) is 19.9 Å². The topological polar surface area (TPSA) is 67.9 Å². The zero-order chi connectivity index (χ0) is 15.7. The van der Waals surface area contributed by atoms with Gasteiger partial charge >= 0.3 is 0 Å². The van der Waals surface area contributed by atoms with Crippen molar-refractivity contribution in [3.8, 4) is 5.75 Å². The largest absolute Gasteiger partial charge is 0.493 e. The Morgan fingerprint density at radius 3 is 2.59 bits per heavy atom. The molecule has 0 unspecified atom stereocenters. The smallest absolute Gasteiger partial charge is 0.280 e. The van der Waals surface area contributed by atoms with Crippen molar-refractivity contribution in [2.45, 2.75) is 38.5 Å². The molecular weight excluding hydrogens is 304 g/mol. The van der Waals surface area contributed by atoms with Crippen LogP contribution in [0, 0.1) is 0 Å². The van der Waals surface area contributed by atoms with Crippen LogP contribution >= 0.6 is 0 Å². The highest BCUT2D eigenvalue weighted by molar-refractivity contribution is 7.87. The summed E-state index contributed by atoms with van der Waals surface area (Å²) in [5.74, 6) is 0.755. The number of morpholine rings is 1. The van der Waals surface area contributed by atoms with E-state index in [0.29, 0.717) is 26.1 Å². The second-order valence-electron chi connectivity index (χ2n) is 5.92. The number of hydrogen-bond donors (Lipinski definition) is 1. The molecule has 2 heterocycles. The van der Waals surface area contributed by atoms with E-state index in [2.05, 4.69) is 4.72 Å². The van der Waals surface area contributed by atoms with Gasteiger partial charge in [-0.1, -0.05) is 18.2 Å². The molecule has 1 aromatic carbocycles. The van der Waals surface area contributed by atoms with E-state index in [0.717, 1.165) is 11.3 Å². The van der Waals surface area contributed by atoms with Crippen LogP contribution in [0.15, 0.2) is 24.3 Å². The predicted molar refractivity (Wildman–Crippen MR) is 82.9 cm³/mol. The first-order chi connectivity index (χ1) is 10.5. The summed E-state index contributed by atoms with van der Waals surface area (Å²) in [4.78, 5) is 0. The molecule has 6 nitrogen and oxygen atoms in total. The lowest BCUT2D eigenvalue weighted by Crippen LogP contribution is -2.52. The summed E-state index contributed by atoms with van der Waals surface area (Å²) < 4.78 is 40.8. The number of ether oxygens (including phenoxy) is 2. The zero-order valence-corrected chi connectivity index (χ0v) is 13.7. The van der Waals surface area contributed by atoms with Crippen LogP contribution in [0.5, 0.6) is 5.75 Å². The molecule has 22 heavy (non-hydrogen) atoms. The normalized spacial score (nSPS) is 29.6. The summed E-state index contributed by atoms with van der Waals surface area (Å²) in [5, 5.41) is 0. The van der Waals surface area contributed by atoms with E-state index < -0.39 is 10.2 Å². The predicted octanol–water partition coefficient (Wildman–Crippen LogP) is 1.45. The standard InChI is InChI=1S/C15H22N2O4S/c1-11-9-17(10-12(2)21-11)22(18,19)16-14-7-8-20-15-6-4-3-5-13(14)15/h3-6,11-12,14,16H,7-10H2,1-2H3/t11-,12+,14-/m0/s1. The van der Waals surface area contributed by atoms with Crippen LogP contribution in [0.3, 0.4) is 0 Å². The van der Waals surface area contributed by atoms with Crippen molar-refractivity contribution in [2.24, 2.45) is 0 Å². The molecule has 0 saturated carbocycles. The molecule has 0 bridgehead atoms. The summed E-state index contributed by atoms with van der Waals surface area (Å²) in [6.07, 6.45) is 0.440. The SMILES string of the molecule is C[C@@H]1CN(S(=O)(=O)N[C@H]2CCOc3ccccc32)C[C@H](C)O1. The van der Waals surface area contributed by atoms with E-state index in [-0.39, 0.29) is 18.2 Å². The Balaban J connectivity index is 1.78. The Morgan fingerprint density at radius 1 is 1.18 bits per heavy atom. The fourth-order valence-corrected chi connectivity index (χ4v) is 4.61. The number of para-hydroxylation sites is 1. The molecule has 1 aromatic rings. The number of nitrogens with zero attached hydrogens (tertiary/aromatic N) is 1. The first-order valence-corrected chi connectivity index (χ1v) is 9.04. The maximum absolute atomic E-state index is 12.7. The average molecular weight is 326 g/mol. The monoisotopic (exact) mass is 326 g/mol. The van der Waals surface area contributed by atoms with Gasteiger partial charge in [-0.25, -0.2) is 0 Å². The fraction of sp³-hybridized carbons (Fsp3) is 0.600. The minimum atomic E-state index is -3.54. The van der Waals surface area contributed by atoms with Gasteiger partial charge in [0.1, 0.15) is 5.75 Å². The maximum Gasteiger partial charge on any atom is 0.280 e. The van der Waals surface area contributed by atoms with Crippen molar-refractivity contribution in [3.63, 3.8) is 0 Å². The minimum absolute atomic E-state index is 0.0951. The molecule has 0 aliphatic carbocycles. The summed E-state index contributed by atoms with van der Waals surface area (Å²) >= 11 is 0. The maximum atomic E-state index is 12.7. The van der Waals surface area contributed by atoms with Gasteiger partial charge in [0.2, 0.25) is 0 Å². The molecule has 122 valence electrons. The van der Waals surface area contributed by atoms with Gasteiger partial charge in [0.25, 0.3) is 10.2 Å². The van der Waals surface area contributed by atoms with Crippen molar-refractivity contribution in [2.75, 3.05) is 19.7 Å². The van der Waals surface area contributed by atoms with E-state index in [4.69, 9.17) is 9.47 Å². The van der Waals surface area contributed by atoms with Crippen molar-refractivity contribution >= 4 is 10.2 Å². The lowest BCUT2D eigenvalue weighted by atomic mass is 10.0. The van der Waals surface area contributed by atoms with E-state index in [9.17, 15) is 8.42 Å². The van der Waals surface area contributed by atoms with Gasteiger partial charge in [0.15, 0.2) is 0 Å². The first kappa shape index (κ1) is 15.7. The molecule has 3 rings (SSSR count). The molecule has 1 N–H and O–H groups in total. The van der Waals surface area contributed by atoms with Crippen molar-refractivity contribution in [1.82, 2.24) is 9.03 Å². The molecule has 2 aliphatic rings. The molecule has 7 heteroatoms. The van der Waals surface area contributed by atoms with E-state index in [1.165, 1.54) is 4.31 Å². The van der Waals surface area contributed by atoms with Crippen molar-refractivity contribution in [3.05, 3.63) is 29.8 Å². The quantitative estimate of drug-likeness (QED) is 0.913. The molecular formula is C15H22N2O4S. The second kappa shape index (κ2) is 6.16. The highest BCUT2D eigenvalue weighted by Gasteiger charge is 2.34. The van der Waals surface area contributed by atoms with Crippen LogP contribution in [0.4, 0.5) is 0 Å². The summed E-state index contributed by atoms with van der Waals surface area (Å²) in [6, 6.07) is 7.32. The lowest BCUT2D eigenvalue weighted by molar-refractivity contribution is -0.0445. The fourth-order valence-electron chi connectivity index (χ4n) is 3.05. The third-order valence-corrected chi connectivity index (χ3v) is 5.54. The number of hydrogen-bond acceptors (Lipinski definition) is 4. The molecule has 0 radical (unpaired) electrons. The Kier molecular flexibility index (Phi) is 4.40. The molecule has 0 aromatic heterocycles. The summed E-state index contributed by atoms with van der Waals surface area (Å²) in [5.41, 5.74) is 0.895. The van der Waals surface area contributed by atoms with Crippen LogP contribution in [0.25, 0.3) is 0 Å². The van der Waals surface area contributed by atoms with Crippen molar-refractivity contribution < 1.29 is 17.9 Å². The van der Waals surface area contributed by atoms with Gasteiger partial charge in [-0.2, -0.15) is 17.4 Å². The molecule has 0 amide bonds. The van der Waals surface area contributed by atoms with Gasteiger partial charge < -0.3 is 9.47 Å². The highest BCUT2D eigenvalue weighted by atomic mass is 32.2. The van der Waals surface area contributed by atoms with Gasteiger partial charge in [-0.3, -0.25) is 0 Å². The summed E-state index contributed by atoms with van der Waals surface area (Å²) in [6.45, 7) is 5.05. The van der Waals surface area contributed by atoms with Crippen LogP contribution in [-0.4, -0.2) is 44.6 Å². The Bertz CT molecular complexity index is 624. The van der Waals surface area contributed by atoms with Gasteiger partial charge in [0, 0.05) is 25.1 Å². The van der Waals surface area contributed by atoms with E-state index in [1.807, 2.05) is 38.1 Å². The number of fused-ring (bicyclic) bond motifs is 1. The zero-order valence-electron chi connectivity index (χ0n) is 12.9. The number of nitrogens with one attached hydrogen (secondary N) is 1. The van der Waals surface area contributed by atoms with Crippen LogP contribution in [0.2, 0.25) is 0 Å². The van der Waals surface area contributed by atoms with E-state index in [1.54, 1.807) is 0 Å². The molecule has 1 fully saturated rings. The Morgan fingerprint density at radius 2 is 1.86 bits per heavy atom. The Hall–Kier alpha value is -1.15. The number of rotatable bonds is 3. The Labute approximate surface area is 131 Å². The third-order valence-electron chi connectivity index (χ3n) is 3.98. The number of benzene rings is 1. The summed E-state index contributed by atoms with van der Waals surface area (Å²) in [7, 11) is -3.54. The van der Waals surface area contributed by atoms with Crippen LogP contribution in [0.1, 0.15) is 31.9 Å². The highest BCUT2D eigenvalue weighted by Crippen LogP contribution is 2.32. The third kappa shape index (κ3) is 3.27. The van der Waals surface area contributed by atoms with E-state index >= 15 is 0 Å². The lowest BCUT2D eigenvalue weighted by Gasteiger charge is -2.36. The van der Waals surface area contributed by atoms with Gasteiger partial charge in [-0.15, -0.1) is 0 Å².